The van der Waals surface area contributed by atoms with Gasteiger partial charge in [-0.25, -0.2) is 4.39 Å². The standard InChI is InChI=1S/C25H25FN2O4S/c1-14-4-10-18-21(12-14)33-25(28-23(29)15-5-7-16(26)8-6-15)22(18)24(30)27-19-11-9-17(31-2)13-20(19)32-3/h5-9,11,13-14H,4,10,12H2,1-3H3,(H,27,30)(H,28,29)/t14-/m1/s1. The van der Waals surface area contributed by atoms with E-state index in [9.17, 15) is 14.0 Å². The highest BCUT2D eigenvalue weighted by Gasteiger charge is 2.29. The van der Waals surface area contributed by atoms with Gasteiger partial charge in [0.15, 0.2) is 0 Å². The van der Waals surface area contributed by atoms with Gasteiger partial charge >= 0.3 is 0 Å². The molecule has 8 heteroatoms. The monoisotopic (exact) mass is 468 g/mol. The van der Waals surface area contributed by atoms with Crippen molar-refractivity contribution in [2.45, 2.75) is 26.2 Å². The first kappa shape index (κ1) is 22.8. The van der Waals surface area contributed by atoms with E-state index in [-0.39, 0.29) is 5.91 Å². The van der Waals surface area contributed by atoms with E-state index >= 15 is 0 Å². The maximum Gasteiger partial charge on any atom is 0.259 e. The Labute approximate surface area is 195 Å². The fraction of sp³-hybridized carbons (Fsp3) is 0.280. The van der Waals surface area contributed by atoms with Crippen molar-refractivity contribution in [1.82, 2.24) is 0 Å². The average Bonchev–Trinajstić information content (AvgIpc) is 3.16. The minimum absolute atomic E-state index is 0.319. The van der Waals surface area contributed by atoms with Crippen LogP contribution in [0.1, 0.15) is 44.5 Å². The van der Waals surface area contributed by atoms with E-state index < -0.39 is 11.7 Å². The Hall–Kier alpha value is -3.39. The van der Waals surface area contributed by atoms with Crippen molar-refractivity contribution in [2.75, 3.05) is 24.9 Å². The van der Waals surface area contributed by atoms with Crippen molar-refractivity contribution in [2.24, 2.45) is 5.92 Å². The van der Waals surface area contributed by atoms with E-state index in [1.165, 1.54) is 42.7 Å². The predicted octanol–water partition coefficient (Wildman–Crippen LogP) is 5.53. The molecular formula is C25H25FN2O4S. The molecule has 0 radical (unpaired) electrons. The summed E-state index contributed by atoms with van der Waals surface area (Å²) in [6, 6.07) is 10.5. The normalized spacial score (nSPS) is 14.8. The minimum Gasteiger partial charge on any atom is -0.497 e. The lowest BCUT2D eigenvalue weighted by Gasteiger charge is -2.19. The van der Waals surface area contributed by atoms with Gasteiger partial charge in [0.05, 0.1) is 25.5 Å². The Balaban J connectivity index is 1.67. The van der Waals surface area contributed by atoms with Gasteiger partial charge in [-0.05, 0) is 67.1 Å². The van der Waals surface area contributed by atoms with E-state index in [4.69, 9.17) is 9.47 Å². The Bertz CT molecular complexity index is 1190. The van der Waals surface area contributed by atoms with Crippen LogP contribution in [0.5, 0.6) is 11.5 Å². The molecule has 33 heavy (non-hydrogen) atoms. The van der Waals surface area contributed by atoms with Crippen LogP contribution in [-0.2, 0) is 12.8 Å². The van der Waals surface area contributed by atoms with Crippen LogP contribution in [0, 0.1) is 11.7 Å². The summed E-state index contributed by atoms with van der Waals surface area (Å²) in [7, 11) is 3.08. The Morgan fingerprint density at radius 3 is 2.48 bits per heavy atom. The summed E-state index contributed by atoms with van der Waals surface area (Å²) < 4.78 is 23.9. The van der Waals surface area contributed by atoms with Gasteiger partial charge in [0, 0.05) is 16.5 Å². The molecular weight excluding hydrogens is 443 g/mol. The lowest BCUT2D eigenvalue weighted by molar-refractivity contribution is 0.102. The largest absolute Gasteiger partial charge is 0.497 e. The van der Waals surface area contributed by atoms with Crippen molar-refractivity contribution in [3.63, 3.8) is 0 Å². The molecule has 2 N–H and O–H groups in total. The second kappa shape index (κ2) is 9.62. The molecule has 0 saturated carbocycles. The molecule has 0 bridgehead atoms. The number of methoxy groups -OCH3 is 2. The lowest BCUT2D eigenvalue weighted by atomic mass is 9.88. The Morgan fingerprint density at radius 1 is 1.03 bits per heavy atom. The van der Waals surface area contributed by atoms with Crippen LogP contribution in [0.15, 0.2) is 42.5 Å². The lowest BCUT2D eigenvalue weighted by Crippen LogP contribution is -2.19. The zero-order valence-electron chi connectivity index (χ0n) is 18.7. The number of benzene rings is 2. The van der Waals surface area contributed by atoms with Gasteiger partial charge in [0.2, 0.25) is 0 Å². The van der Waals surface area contributed by atoms with Gasteiger partial charge in [-0.15, -0.1) is 11.3 Å². The number of carbonyl (C=O) groups excluding carboxylic acids is 2. The number of nitrogens with one attached hydrogen (secondary N) is 2. The molecule has 1 aromatic heterocycles. The molecule has 1 aliphatic carbocycles. The van der Waals surface area contributed by atoms with Gasteiger partial charge in [-0.3, -0.25) is 9.59 Å². The number of halogens is 1. The number of thiophene rings is 1. The van der Waals surface area contributed by atoms with Gasteiger partial charge in [-0.2, -0.15) is 0 Å². The van der Waals surface area contributed by atoms with E-state index in [2.05, 4.69) is 17.6 Å². The minimum atomic E-state index is -0.416. The van der Waals surface area contributed by atoms with E-state index in [0.29, 0.717) is 39.2 Å². The number of amides is 2. The molecule has 1 aliphatic rings. The Morgan fingerprint density at radius 2 is 1.79 bits per heavy atom. The Kier molecular flexibility index (Phi) is 6.65. The SMILES string of the molecule is COc1ccc(NC(=O)c2c(NC(=O)c3ccc(F)cc3)sc3c2CC[C@@H](C)C3)c(OC)c1. The molecule has 1 heterocycles. The van der Waals surface area contributed by atoms with Crippen LogP contribution in [0.2, 0.25) is 0 Å². The van der Waals surface area contributed by atoms with Crippen molar-refractivity contribution in [3.05, 3.63) is 69.8 Å². The summed E-state index contributed by atoms with van der Waals surface area (Å²) in [5, 5.41) is 6.29. The zero-order chi connectivity index (χ0) is 23.5. The van der Waals surface area contributed by atoms with Crippen LogP contribution in [0.25, 0.3) is 0 Å². The number of fused-ring (bicyclic) bond motifs is 1. The number of carbonyl (C=O) groups is 2. The molecule has 0 aliphatic heterocycles. The zero-order valence-corrected chi connectivity index (χ0v) is 19.5. The molecule has 0 saturated heterocycles. The van der Waals surface area contributed by atoms with Gasteiger partial charge in [0.1, 0.15) is 22.3 Å². The first-order chi connectivity index (χ1) is 15.9. The average molecular weight is 469 g/mol. The summed E-state index contributed by atoms with van der Waals surface area (Å²) in [6.07, 6.45) is 2.60. The summed E-state index contributed by atoms with van der Waals surface area (Å²) in [4.78, 5) is 27.4. The number of ether oxygens (including phenoxy) is 2. The quantitative estimate of drug-likeness (QED) is 0.498. The number of hydrogen-bond acceptors (Lipinski definition) is 5. The fourth-order valence-electron chi connectivity index (χ4n) is 3.94. The summed E-state index contributed by atoms with van der Waals surface area (Å²) in [5.41, 5.74) is 2.26. The second-order valence-corrected chi connectivity index (χ2v) is 9.14. The van der Waals surface area contributed by atoms with Crippen molar-refractivity contribution in [1.29, 1.82) is 0 Å². The highest BCUT2D eigenvalue weighted by molar-refractivity contribution is 7.17. The van der Waals surface area contributed by atoms with E-state index in [1.807, 2.05) is 0 Å². The van der Waals surface area contributed by atoms with Gasteiger partial charge in [-0.1, -0.05) is 6.92 Å². The van der Waals surface area contributed by atoms with Gasteiger partial charge in [0.25, 0.3) is 11.8 Å². The summed E-state index contributed by atoms with van der Waals surface area (Å²) in [6.45, 7) is 2.18. The maximum atomic E-state index is 13.4. The van der Waals surface area contributed by atoms with Crippen LogP contribution >= 0.6 is 11.3 Å². The van der Waals surface area contributed by atoms with Crippen LogP contribution in [0.4, 0.5) is 15.1 Å². The van der Waals surface area contributed by atoms with E-state index in [1.54, 1.807) is 25.3 Å². The molecule has 0 spiro atoms. The number of hydrogen-bond donors (Lipinski definition) is 2. The molecule has 0 fully saturated rings. The molecule has 2 aromatic carbocycles. The van der Waals surface area contributed by atoms with Gasteiger partial charge < -0.3 is 20.1 Å². The molecule has 3 aromatic rings. The maximum absolute atomic E-state index is 13.4. The number of anilines is 2. The first-order valence-electron chi connectivity index (χ1n) is 10.6. The molecule has 2 amide bonds. The molecule has 1 atom stereocenters. The van der Waals surface area contributed by atoms with Crippen molar-refractivity contribution < 1.29 is 23.5 Å². The highest BCUT2D eigenvalue weighted by Crippen LogP contribution is 2.41. The smallest absolute Gasteiger partial charge is 0.259 e. The third kappa shape index (κ3) is 4.85. The molecule has 0 unspecified atom stereocenters. The van der Waals surface area contributed by atoms with Crippen molar-refractivity contribution in [3.8, 4) is 11.5 Å². The van der Waals surface area contributed by atoms with Crippen LogP contribution < -0.4 is 20.1 Å². The van der Waals surface area contributed by atoms with E-state index in [0.717, 1.165) is 29.7 Å². The third-order valence-corrected chi connectivity index (χ3v) is 6.90. The highest BCUT2D eigenvalue weighted by atomic mass is 32.1. The van der Waals surface area contributed by atoms with Crippen LogP contribution in [0.3, 0.4) is 0 Å². The summed E-state index contributed by atoms with van der Waals surface area (Å²) >= 11 is 1.43. The number of rotatable bonds is 6. The first-order valence-corrected chi connectivity index (χ1v) is 11.5. The molecule has 6 nitrogen and oxygen atoms in total. The van der Waals surface area contributed by atoms with Crippen molar-refractivity contribution >= 4 is 33.8 Å². The predicted molar refractivity (Wildman–Crippen MR) is 127 cm³/mol. The molecule has 172 valence electrons. The fourth-order valence-corrected chi connectivity index (χ4v) is 5.35. The molecule has 4 rings (SSSR count). The summed E-state index contributed by atoms with van der Waals surface area (Å²) in [5.74, 6) is 0.462. The van der Waals surface area contributed by atoms with Crippen LogP contribution in [-0.4, -0.2) is 26.0 Å². The second-order valence-electron chi connectivity index (χ2n) is 8.04. The third-order valence-electron chi connectivity index (χ3n) is 5.73. The topological polar surface area (TPSA) is 76.7 Å².